The van der Waals surface area contributed by atoms with Gasteiger partial charge in [0.2, 0.25) is 5.95 Å². The average molecular weight is 386 g/mol. The zero-order chi connectivity index (χ0) is 19.6. The number of nitrogens with zero attached hydrogens (tertiary/aromatic N) is 6. The van der Waals surface area contributed by atoms with Gasteiger partial charge in [0.1, 0.15) is 11.6 Å². The molecular weight excluding hydrogens is 364 g/mol. The third-order valence-electron chi connectivity index (χ3n) is 5.27. The Morgan fingerprint density at radius 3 is 2.76 bits per heavy atom. The Bertz CT molecular complexity index is 1090. The number of hydrogen-bond acceptors (Lipinski definition) is 6. The first-order chi connectivity index (χ1) is 14.3. The number of benzene rings is 1. The Morgan fingerprint density at radius 2 is 1.93 bits per heavy atom. The summed E-state index contributed by atoms with van der Waals surface area (Å²) in [6.45, 7) is 1.76. The highest BCUT2D eigenvalue weighted by Crippen LogP contribution is 2.30. The number of anilines is 2. The van der Waals surface area contributed by atoms with Gasteiger partial charge in [-0.3, -0.25) is 0 Å². The van der Waals surface area contributed by atoms with Crippen molar-refractivity contribution in [2.45, 2.75) is 18.8 Å². The molecule has 1 fully saturated rings. The van der Waals surface area contributed by atoms with Gasteiger partial charge in [0.15, 0.2) is 5.82 Å². The number of hydrogen-bond donors (Lipinski definition) is 2. The van der Waals surface area contributed by atoms with E-state index < -0.39 is 0 Å². The van der Waals surface area contributed by atoms with Crippen LogP contribution in [-0.2, 0) is 0 Å². The maximum atomic E-state index is 5.98. The Balaban J connectivity index is 1.38. The predicted octanol–water partition coefficient (Wildman–Crippen LogP) is 3.02. The van der Waals surface area contributed by atoms with Gasteiger partial charge in [-0.15, -0.1) is 0 Å². The van der Waals surface area contributed by atoms with E-state index in [0.717, 1.165) is 48.8 Å². The Kier molecular flexibility index (Phi) is 4.44. The molecule has 0 aliphatic carbocycles. The Labute approximate surface area is 168 Å². The van der Waals surface area contributed by atoms with Gasteiger partial charge in [-0.25, -0.2) is 9.67 Å². The van der Waals surface area contributed by atoms with Crippen LogP contribution in [0.5, 0.6) is 0 Å². The van der Waals surface area contributed by atoms with Crippen molar-refractivity contribution in [2.24, 2.45) is 0 Å². The van der Waals surface area contributed by atoms with Gasteiger partial charge in [0.05, 0.1) is 11.9 Å². The lowest BCUT2D eigenvalue weighted by Crippen LogP contribution is -2.35. The summed E-state index contributed by atoms with van der Waals surface area (Å²) in [5.74, 6) is 3.07. The lowest BCUT2D eigenvalue weighted by molar-refractivity contribution is 0.491. The molecule has 1 aromatic carbocycles. The fraction of sp³-hybridized carbons (Fsp3) is 0.238. The van der Waals surface area contributed by atoms with Gasteiger partial charge in [-0.2, -0.15) is 15.1 Å². The summed E-state index contributed by atoms with van der Waals surface area (Å²) in [4.78, 5) is 19.2. The second-order valence-electron chi connectivity index (χ2n) is 7.23. The molecule has 1 atom stereocenters. The van der Waals surface area contributed by atoms with Crippen LogP contribution in [0.4, 0.5) is 11.8 Å². The van der Waals surface area contributed by atoms with E-state index in [9.17, 15) is 0 Å². The van der Waals surface area contributed by atoms with Crippen LogP contribution in [0.25, 0.3) is 17.1 Å². The normalized spacial score (nSPS) is 16.8. The molecule has 1 unspecified atom stereocenters. The molecule has 0 spiro atoms. The molecule has 4 aromatic rings. The van der Waals surface area contributed by atoms with E-state index in [0.29, 0.717) is 11.7 Å². The number of piperidine rings is 1. The minimum Gasteiger partial charge on any atom is -0.368 e. The lowest BCUT2D eigenvalue weighted by atomic mass is 9.97. The van der Waals surface area contributed by atoms with E-state index >= 15 is 0 Å². The maximum absolute atomic E-state index is 5.98. The quantitative estimate of drug-likeness (QED) is 0.559. The second-order valence-corrected chi connectivity index (χ2v) is 7.23. The summed E-state index contributed by atoms with van der Waals surface area (Å²) < 4.78 is 1.70. The number of rotatable bonds is 4. The van der Waals surface area contributed by atoms with Crippen molar-refractivity contribution in [3.05, 3.63) is 66.9 Å². The van der Waals surface area contributed by atoms with Gasteiger partial charge in [0, 0.05) is 37.5 Å². The molecule has 1 aliphatic heterocycles. The van der Waals surface area contributed by atoms with Crippen LogP contribution in [0.15, 0.2) is 61.1 Å². The average Bonchev–Trinajstić information content (AvgIpc) is 3.47. The van der Waals surface area contributed by atoms with E-state index in [2.05, 4.69) is 42.1 Å². The van der Waals surface area contributed by atoms with E-state index in [1.165, 1.54) is 0 Å². The minimum absolute atomic E-state index is 0.250. The van der Waals surface area contributed by atoms with Crippen LogP contribution in [0.3, 0.4) is 0 Å². The number of nitrogens with one attached hydrogen (secondary N) is 1. The third-order valence-corrected chi connectivity index (χ3v) is 5.27. The zero-order valence-corrected chi connectivity index (χ0v) is 15.9. The van der Waals surface area contributed by atoms with Crippen molar-refractivity contribution in [3.63, 3.8) is 0 Å². The van der Waals surface area contributed by atoms with E-state index in [1.807, 2.05) is 42.7 Å². The highest BCUT2D eigenvalue weighted by Gasteiger charge is 2.25. The molecular formula is C21H22N8. The molecule has 4 heterocycles. The summed E-state index contributed by atoms with van der Waals surface area (Å²) in [6.07, 6.45) is 7.63. The first-order valence-electron chi connectivity index (χ1n) is 9.76. The highest BCUT2D eigenvalue weighted by molar-refractivity contribution is 5.58. The summed E-state index contributed by atoms with van der Waals surface area (Å²) in [7, 11) is 0. The highest BCUT2D eigenvalue weighted by atomic mass is 15.3. The number of aromatic nitrogens is 6. The van der Waals surface area contributed by atoms with Crippen LogP contribution >= 0.6 is 0 Å². The molecule has 5 rings (SSSR count). The Morgan fingerprint density at radius 1 is 1.07 bits per heavy atom. The summed E-state index contributed by atoms with van der Waals surface area (Å²) in [5, 5.41) is 4.25. The molecule has 0 bridgehead atoms. The van der Waals surface area contributed by atoms with Gasteiger partial charge < -0.3 is 15.6 Å². The van der Waals surface area contributed by atoms with Gasteiger partial charge in [-0.1, -0.05) is 30.3 Å². The minimum atomic E-state index is 0.250. The smallest absolute Gasteiger partial charge is 0.224 e. The summed E-state index contributed by atoms with van der Waals surface area (Å²) in [6, 6.07) is 14.1. The number of nitrogens with two attached hydrogens (primary N) is 1. The van der Waals surface area contributed by atoms with Crippen LogP contribution in [0.2, 0.25) is 0 Å². The van der Waals surface area contributed by atoms with E-state index in [-0.39, 0.29) is 5.95 Å². The molecule has 146 valence electrons. The Hall–Kier alpha value is -3.68. The van der Waals surface area contributed by atoms with Crippen molar-refractivity contribution in [2.75, 3.05) is 23.7 Å². The first-order valence-corrected chi connectivity index (χ1v) is 9.76. The van der Waals surface area contributed by atoms with Crippen molar-refractivity contribution in [1.82, 2.24) is 29.7 Å². The van der Waals surface area contributed by atoms with E-state index in [4.69, 9.17) is 5.73 Å². The largest absolute Gasteiger partial charge is 0.368 e. The maximum Gasteiger partial charge on any atom is 0.224 e. The van der Waals surface area contributed by atoms with Gasteiger partial charge in [-0.05, 0) is 24.5 Å². The van der Waals surface area contributed by atoms with Crippen molar-refractivity contribution < 1.29 is 0 Å². The van der Waals surface area contributed by atoms with Gasteiger partial charge >= 0.3 is 0 Å². The third kappa shape index (κ3) is 3.56. The molecule has 8 nitrogen and oxygen atoms in total. The summed E-state index contributed by atoms with van der Waals surface area (Å²) in [5.41, 5.74) is 8.17. The molecule has 29 heavy (non-hydrogen) atoms. The second kappa shape index (κ2) is 7.38. The molecule has 3 N–H and O–H groups in total. The molecule has 1 saturated heterocycles. The fourth-order valence-electron chi connectivity index (χ4n) is 3.84. The SMILES string of the molecule is Nc1nc(N2CCCC(c3ncc(-c4ccccc4)[nH]3)C2)cc(-n2cccn2)n1. The molecule has 0 radical (unpaired) electrons. The lowest BCUT2D eigenvalue weighted by Gasteiger charge is -2.32. The van der Waals surface area contributed by atoms with Gasteiger partial charge in [0.25, 0.3) is 0 Å². The first kappa shape index (κ1) is 17.4. The molecule has 0 amide bonds. The van der Waals surface area contributed by atoms with Crippen molar-refractivity contribution >= 4 is 11.8 Å². The number of imidazole rings is 1. The summed E-state index contributed by atoms with van der Waals surface area (Å²) >= 11 is 0. The van der Waals surface area contributed by atoms with Crippen molar-refractivity contribution in [1.29, 1.82) is 0 Å². The zero-order valence-electron chi connectivity index (χ0n) is 15.9. The monoisotopic (exact) mass is 386 g/mol. The number of nitrogen functional groups attached to an aromatic ring is 1. The number of aromatic amines is 1. The van der Waals surface area contributed by atoms with Crippen molar-refractivity contribution in [3.8, 4) is 17.1 Å². The van der Waals surface area contributed by atoms with Crippen LogP contribution in [0.1, 0.15) is 24.6 Å². The van der Waals surface area contributed by atoms with E-state index in [1.54, 1.807) is 10.9 Å². The van der Waals surface area contributed by atoms with Crippen LogP contribution in [-0.4, -0.2) is 42.8 Å². The molecule has 0 saturated carbocycles. The molecule has 3 aromatic heterocycles. The standard InChI is InChI=1S/C21H22N8/c22-21-26-18(12-19(27-21)29-11-5-9-24-29)28-10-4-8-16(14-28)20-23-13-17(25-20)15-6-2-1-3-7-15/h1-3,5-7,9,11-13,16H,4,8,10,14H2,(H,23,25)(H2,22,26,27). The topological polar surface area (TPSA) is 102 Å². The molecule has 1 aliphatic rings. The molecule has 8 heteroatoms. The fourth-order valence-corrected chi connectivity index (χ4v) is 3.84. The number of H-pyrrole nitrogens is 1. The van der Waals surface area contributed by atoms with Crippen LogP contribution < -0.4 is 10.6 Å². The van der Waals surface area contributed by atoms with Crippen LogP contribution in [0, 0.1) is 0 Å². The predicted molar refractivity (Wildman–Crippen MR) is 112 cm³/mol.